The van der Waals surface area contributed by atoms with Crippen LogP contribution in [-0.4, -0.2) is 28.3 Å². The summed E-state index contributed by atoms with van der Waals surface area (Å²) in [6.45, 7) is 4.05. The smallest absolute Gasteiger partial charge is 0.164 e. The molecule has 0 radical (unpaired) electrons. The third kappa shape index (κ3) is 3.67. The van der Waals surface area contributed by atoms with Gasteiger partial charge in [0.1, 0.15) is 6.61 Å². The molecule has 0 unspecified atom stereocenters. The molecule has 0 atom stereocenters. The number of hydrogen-bond donors (Lipinski definition) is 0. The topological polar surface area (TPSA) is 44.1 Å². The molecule has 1 aromatic heterocycles. The van der Waals surface area contributed by atoms with Crippen molar-refractivity contribution in [3.63, 3.8) is 0 Å². The zero-order chi connectivity index (χ0) is 13.0. The lowest BCUT2D eigenvalue weighted by molar-refractivity contribution is -0.124. The maximum atomic E-state index is 11.7. The second kappa shape index (κ2) is 6.14. The fourth-order valence-corrected chi connectivity index (χ4v) is 2.36. The Hall–Kier alpha value is -1.16. The van der Waals surface area contributed by atoms with E-state index in [1.54, 1.807) is 0 Å². The van der Waals surface area contributed by atoms with Crippen LogP contribution in [0.25, 0.3) is 0 Å². The first kappa shape index (κ1) is 13.3. The highest BCUT2D eigenvalue weighted by atomic mass is 16.5. The number of aromatic nitrogens is 2. The van der Waals surface area contributed by atoms with E-state index < -0.39 is 0 Å². The van der Waals surface area contributed by atoms with Crippen molar-refractivity contribution in [2.45, 2.75) is 58.1 Å². The van der Waals surface area contributed by atoms with Gasteiger partial charge in [0.2, 0.25) is 0 Å². The standard InChI is InChI=1S/C14H22N2O2/c1-11(2)18-10-14(17)9-12-7-8-16(15-12)13-5-3-4-6-13/h7-8,11,13H,3-6,9-10H2,1-2H3. The summed E-state index contributed by atoms with van der Waals surface area (Å²) in [4.78, 5) is 11.7. The minimum atomic E-state index is 0.0976. The number of rotatable bonds is 6. The molecule has 0 amide bonds. The van der Waals surface area contributed by atoms with E-state index >= 15 is 0 Å². The molecule has 0 N–H and O–H groups in total. The normalized spacial score (nSPS) is 16.6. The summed E-state index contributed by atoms with van der Waals surface area (Å²) in [7, 11) is 0. The number of Topliss-reactive ketones (excluding diaryl/α,β-unsaturated/α-hetero) is 1. The number of hydrogen-bond acceptors (Lipinski definition) is 3. The lowest BCUT2D eigenvalue weighted by Gasteiger charge is -2.09. The summed E-state index contributed by atoms with van der Waals surface area (Å²) in [6, 6.07) is 2.49. The van der Waals surface area contributed by atoms with Crippen LogP contribution in [0.4, 0.5) is 0 Å². The molecule has 0 saturated heterocycles. The van der Waals surface area contributed by atoms with Gasteiger partial charge in [-0.05, 0) is 32.8 Å². The van der Waals surface area contributed by atoms with E-state index in [2.05, 4.69) is 5.10 Å². The van der Waals surface area contributed by atoms with Gasteiger partial charge < -0.3 is 4.74 Å². The molecule has 1 heterocycles. The van der Waals surface area contributed by atoms with Gasteiger partial charge in [-0.1, -0.05) is 12.8 Å². The fraction of sp³-hybridized carbons (Fsp3) is 0.714. The summed E-state index contributed by atoms with van der Waals surface area (Å²) in [5.41, 5.74) is 0.860. The Morgan fingerprint density at radius 1 is 1.50 bits per heavy atom. The van der Waals surface area contributed by atoms with E-state index in [4.69, 9.17) is 4.74 Å². The zero-order valence-corrected chi connectivity index (χ0v) is 11.3. The molecule has 0 spiro atoms. The fourth-order valence-electron chi connectivity index (χ4n) is 2.36. The van der Waals surface area contributed by atoms with Crippen LogP contribution >= 0.6 is 0 Å². The Bertz CT molecular complexity index is 392. The van der Waals surface area contributed by atoms with Gasteiger partial charge >= 0.3 is 0 Å². The molecule has 4 heteroatoms. The molecular formula is C14H22N2O2. The zero-order valence-electron chi connectivity index (χ0n) is 11.3. The molecule has 18 heavy (non-hydrogen) atoms. The van der Waals surface area contributed by atoms with Crippen LogP contribution in [0.2, 0.25) is 0 Å². The number of carbonyl (C=O) groups excluding carboxylic acids is 1. The van der Waals surface area contributed by atoms with Gasteiger partial charge in [-0.3, -0.25) is 9.48 Å². The van der Waals surface area contributed by atoms with Crippen LogP contribution in [0.15, 0.2) is 12.3 Å². The highest BCUT2D eigenvalue weighted by Crippen LogP contribution is 2.28. The van der Waals surface area contributed by atoms with E-state index in [1.165, 1.54) is 25.7 Å². The molecule has 1 aliphatic rings. The molecule has 1 aromatic rings. The van der Waals surface area contributed by atoms with Crippen LogP contribution in [0.1, 0.15) is 51.3 Å². The van der Waals surface area contributed by atoms with Crippen LogP contribution in [0.3, 0.4) is 0 Å². The van der Waals surface area contributed by atoms with Crippen molar-refractivity contribution in [1.82, 2.24) is 9.78 Å². The van der Waals surface area contributed by atoms with Crippen LogP contribution in [0, 0.1) is 0 Å². The average molecular weight is 250 g/mol. The first-order chi connectivity index (χ1) is 8.65. The Morgan fingerprint density at radius 2 is 2.22 bits per heavy atom. The number of nitrogens with zero attached hydrogens (tertiary/aromatic N) is 2. The Morgan fingerprint density at radius 3 is 2.89 bits per heavy atom. The first-order valence-corrected chi connectivity index (χ1v) is 6.82. The molecular weight excluding hydrogens is 228 g/mol. The Balaban J connectivity index is 1.84. The predicted octanol–water partition coefficient (Wildman–Crippen LogP) is 2.53. The molecule has 0 bridgehead atoms. The van der Waals surface area contributed by atoms with Crippen molar-refractivity contribution in [3.05, 3.63) is 18.0 Å². The Kier molecular flexibility index (Phi) is 4.53. The van der Waals surface area contributed by atoms with Gasteiger partial charge in [-0.25, -0.2) is 0 Å². The lowest BCUT2D eigenvalue weighted by Crippen LogP contribution is -2.15. The van der Waals surface area contributed by atoms with Crippen molar-refractivity contribution in [2.75, 3.05) is 6.61 Å². The van der Waals surface area contributed by atoms with Crippen molar-refractivity contribution >= 4 is 5.78 Å². The monoisotopic (exact) mass is 250 g/mol. The largest absolute Gasteiger partial charge is 0.371 e. The second-order valence-corrected chi connectivity index (χ2v) is 5.30. The van der Waals surface area contributed by atoms with E-state index in [9.17, 15) is 4.79 Å². The summed E-state index contributed by atoms with van der Waals surface area (Å²) in [5, 5.41) is 4.50. The summed E-state index contributed by atoms with van der Waals surface area (Å²) in [6.07, 6.45) is 7.50. The molecule has 1 fully saturated rings. The van der Waals surface area contributed by atoms with Crippen molar-refractivity contribution in [2.24, 2.45) is 0 Å². The number of carbonyl (C=O) groups is 1. The lowest BCUT2D eigenvalue weighted by atomic mass is 10.2. The van der Waals surface area contributed by atoms with E-state index in [1.807, 2.05) is 30.8 Å². The van der Waals surface area contributed by atoms with E-state index in [-0.39, 0.29) is 18.5 Å². The molecule has 1 aliphatic carbocycles. The van der Waals surface area contributed by atoms with E-state index in [0.29, 0.717) is 12.5 Å². The minimum Gasteiger partial charge on any atom is -0.371 e. The predicted molar refractivity (Wildman–Crippen MR) is 69.5 cm³/mol. The van der Waals surface area contributed by atoms with Crippen molar-refractivity contribution < 1.29 is 9.53 Å². The molecule has 0 aliphatic heterocycles. The first-order valence-electron chi connectivity index (χ1n) is 6.82. The van der Waals surface area contributed by atoms with Crippen LogP contribution < -0.4 is 0 Å². The SMILES string of the molecule is CC(C)OCC(=O)Cc1ccn(C2CCCC2)n1. The van der Waals surface area contributed by atoms with Gasteiger partial charge in [0.05, 0.1) is 24.3 Å². The quantitative estimate of drug-likeness (QED) is 0.779. The maximum Gasteiger partial charge on any atom is 0.164 e. The van der Waals surface area contributed by atoms with Crippen LogP contribution in [0.5, 0.6) is 0 Å². The highest BCUT2D eigenvalue weighted by Gasteiger charge is 2.18. The number of ketones is 1. The summed E-state index contributed by atoms with van der Waals surface area (Å²) < 4.78 is 7.33. The number of ether oxygens (including phenoxy) is 1. The van der Waals surface area contributed by atoms with Crippen molar-refractivity contribution in [3.8, 4) is 0 Å². The molecule has 1 saturated carbocycles. The van der Waals surface area contributed by atoms with Crippen LogP contribution in [-0.2, 0) is 16.0 Å². The second-order valence-electron chi connectivity index (χ2n) is 5.30. The third-order valence-corrected chi connectivity index (χ3v) is 3.32. The molecule has 2 rings (SSSR count). The minimum absolute atomic E-state index is 0.0976. The van der Waals surface area contributed by atoms with Gasteiger partial charge in [0.25, 0.3) is 0 Å². The third-order valence-electron chi connectivity index (χ3n) is 3.32. The molecule has 0 aromatic carbocycles. The van der Waals surface area contributed by atoms with Crippen molar-refractivity contribution in [1.29, 1.82) is 0 Å². The van der Waals surface area contributed by atoms with Gasteiger partial charge in [-0.2, -0.15) is 5.10 Å². The average Bonchev–Trinajstić information content (AvgIpc) is 2.95. The van der Waals surface area contributed by atoms with Gasteiger partial charge in [0, 0.05) is 6.20 Å². The summed E-state index contributed by atoms with van der Waals surface area (Å²) in [5.74, 6) is 0.0976. The summed E-state index contributed by atoms with van der Waals surface area (Å²) >= 11 is 0. The Labute approximate surface area is 108 Å². The highest BCUT2D eigenvalue weighted by molar-refractivity contribution is 5.81. The van der Waals surface area contributed by atoms with Gasteiger partial charge in [0.15, 0.2) is 5.78 Å². The molecule has 4 nitrogen and oxygen atoms in total. The van der Waals surface area contributed by atoms with E-state index in [0.717, 1.165) is 5.69 Å². The maximum absolute atomic E-state index is 11.7. The molecule has 100 valence electrons. The van der Waals surface area contributed by atoms with Gasteiger partial charge in [-0.15, -0.1) is 0 Å².